The Labute approximate surface area is 59.9 Å². The molecule has 0 N–H and O–H groups in total. The quantitative estimate of drug-likeness (QED) is 0.535. The minimum atomic E-state index is -4.66. The number of nitrogens with zero attached hydrogens (tertiary/aromatic N) is 1. The minimum Gasteiger partial charge on any atom is -0.480 e. The summed E-state index contributed by atoms with van der Waals surface area (Å²) in [7, 11) is 0. The molecule has 0 aliphatic carbocycles. The van der Waals surface area contributed by atoms with E-state index in [-0.39, 0.29) is 6.29 Å². The van der Waals surface area contributed by atoms with E-state index < -0.39 is 18.3 Å². The number of carbonyl (C=O) groups excluding carboxylic acids is 1. The summed E-state index contributed by atoms with van der Waals surface area (Å²) in [4.78, 5) is 13.0. The molecule has 0 aromatic carbocycles. The number of rotatable bonds is 1. The van der Waals surface area contributed by atoms with Crippen LogP contribution in [0.3, 0.4) is 0 Å². The minimum absolute atomic E-state index is 0.253. The first kappa shape index (κ1) is 8.03. The fourth-order valence-corrected chi connectivity index (χ4v) is 0.619. The molecule has 1 atom stereocenters. The average Bonchev–Trinajstić information content (AvgIpc) is 2.33. The Morgan fingerprint density at radius 3 is 2.45 bits per heavy atom. The highest BCUT2D eigenvalue weighted by Crippen LogP contribution is 2.34. The van der Waals surface area contributed by atoms with E-state index >= 15 is 0 Å². The van der Waals surface area contributed by atoms with Crippen molar-refractivity contribution in [3.05, 3.63) is 0 Å². The molecule has 0 bridgehead atoms. The maximum absolute atomic E-state index is 12.0. The van der Waals surface area contributed by atoms with E-state index in [1.807, 2.05) is 0 Å². The molecule has 0 saturated heterocycles. The van der Waals surface area contributed by atoms with Gasteiger partial charge in [0.2, 0.25) is 5.54 Å². The molecule has 1 heterocycles. The summed E-state index contributed by atoms with van der Waals surface area (Å²) >= 11 is 0. The Morgan fingerprint density at radius 2 is 2.27 bits per heavy atom. The lowest BCUT2D eigenvalue weighted by atomic mass is 10.1. The van der Waals surface area contributed by atoms with E-state index in [4.69, 9.17) is 0 Å². The summed E-state index contributed by atoms with van der Waals surface area (Å²) in [5.41, 5.74) is -2.66. The molecule has 1 aliphatic rings. The predicted molar refractivity (Wildman–Crippen MR) is 29.3 cm³/mol. The standard InChI is InChI=1S/C5H4F3NO2/c6-5(7,8)4(1-10)2-11-3-9-4/h1,3H,2H2. The Morgan fingerprint density at radius 1 is 1.64 bits per heavy atom. The Bertz CT molecular complexity index is 200. The molecule has 1 aliphatic heterocycles. The smallest absolute Gasteiger partial charge is 0.423 e. The van der Waals surface area contributed by atoms with Crippen molar-refractivity contribution >= 4 is 12.7 Å². The van der Waals surface area contributed by atoms with Crippen LogP contribution < -0.4 is 0 Å². The molecule has 3 nitrogen and oxygen atoms in total. The zero-order chi connectivity index (χ0) is 8.54. The Hall–Kier alpha value is -1.07. The largest absolute Gasteiger partial charge is 0.480 e. The van der Waals surface area contributed by atoms with Gasteiger partial charge < -0.3 is 9.53 Å². The highest BCUT2D eigenvalue weighted by Gasteiger charge is 2.57. The number of hydrogen-bond acceptors (Lipinski definition) is 3. The number of ether oxygens (including phenoxy) is 1. The van der Waals surface area contributed by atoms with Crippen molar-refractivity contribution in [2.75, 3.05) is 6.61 Å². The fraction of sp³-hybridized carbons (Fsp3) is 0.600. The predicted octanol–water partition coefficient (Wildman–Crippen LogP) is 0.545. The van der Waals surface area contributed by atoms with Crippen LogP contribution in [0, 0.1) is 0 Å². The van der Waals surface area contributed by atoms with Gasteiger partial charge >= 0.3 is 6.18 Å². The Balaban J connectivity index is 2.93. The zero-order valence-corrected chi connectivity index (χ0v) is 5.26. The van der Waals surface area contributed by atoms with Crippen LogP contribution in [0.1, 0.15) is 0 Å². The van der Waals surface area contributed by atoms with Gasteiger partial charge in [-0.15, -0.1) is 0 Å². The summed E-state index contributed by atoms with van der Waals surface area (Å²) in [6.45, 7) is -0.750. The molecule has 62 valence electrons. The zero-order valence-electron chi connectivity index (χ0n) is 5.26. The molecule has 0 aromatic rings. The second kappa shape index (κ2) is 2.21. The average molecular weight is 167 g/mol. The number of carbonyl (C=O) groups is 1. The molecule has 0 radical (unpaired) electrons. The third-order valence-electron chi connectivity index (χ3n) is 1.35. The maximum atomic E-state index is 12.0. The Kier molecular flexibility index (Phi) is 1.62. The molecule has 0 fully saturated rings. The lowest BCUT2D eigenvalue weighted by Gasteiger charge is -2.19. The monoisotopic (exact) mass is 167 g/mol. The lowest BCUT2D eigenvalue weighted by molar-refractivity contribution is -0.184. The molecule has 1 rings (SSSR count). The molecular formula is C5H4F3NO2. The molecule has 0 spiro atoms. The van der Waals surface area contributed by atoms with E-state index in [2.05, 4.69) is 9.73 Å². The number of aldehydes is 1. The van der Waals surface area contributed by atoms with E-state index in [0.29, 0.717) is 6.40 Å². The number of aliphatic imine (C=N–C) groups is 1. The first-order chi connectivity index (χ1) is 5.02. The van der Waals surface area contributed by atoms with Crippen LogP contribution in [-0.4, -0.2) is 31.0 Å². The first-order valence-corrected chi connectivity index (χ1v) is 2.70. The van der Waals surface area contributed by atoms with E-state index in [9.17, 15) is 18.0 Å². The molecular weight excluding hydrogens is 163 g/mol. The van der Waals surface area contributed by atoms with Crippen molar-refractivity contribution in [1.82, 2.24) is 0 Å². The van der Waals surface area contributed by atoms with Crippen LogP contribution in [0.15, 0.2) is 4.99 Å². The van der Waals surface area contributed by atoms with Gasteiger partial charge in [-0.25, -0.2) is 4.99 Å². The van der Waals surface area contributed by atoms with Gasteiger partial charge in [0.15, 0.2) is 12.7 Å². The van der Waals surface area contributed by atoms with Crippen molar-refractivity contribution in [2.24, 2.45) is 4.99 Å². The van der Waals surface area contributed by atoms with Crippen LogP contribution in [0.2, 0.25) is 0 Å². The summed E-state index contributed by atoms with van der Waals surface area (Å²) in [6.07, 6.45) is -4.28. The maximum Gasteiger partial charge on any atom is 0.423 e. The highest BCUT2D eigenvalue weighted by molar-refractivity contribution is 5.72. The van der Waals surface area contributed by atoms with Gasteiger partial charge in [0, 0.05) is 0 Å². The van der Waals surface area contributed by atoms with Crippen molar-refractivity contribution in [1.29, 1.82) is 0 Å². The normalized spacial score (nSPS) is 30.1. The van der Waals surface area contributed by atoms with E-state index in [1.165, 1.54) is 0 Å². The van der Waals surface area contributed by atoms with Crippen molar-refractivity contribution in [3.63, 3.8) is 0 Å². The SMILES string of the molecule is O=CC1(C(F)(F)F)COC=N1. The van der Waals surface area contributed by atoms with Crippen LogP contribution >= 0.6 is 0 Å². The molecule has 0 amide bonds. The van der Waals surface area contributed by atoms with Gasteiger partial charge in [0.05, 0.1) is 0 Å². The summed E-state index contributed by atoms with van der Waals surface area (Å²) < 4.78 is 40.2. The lowest BCUT2D eigenvalue weighted by Crippen LogP contribution is -2.46. The van der Waals surface area contributed by atoms with Crippen LogP contribution in [0.25, 0.3) is 0 Å². The van der Waals surface area contributed by atoms with Crippen molar-refractivity contribution in [2.45, 2.75) is 11.7 Å². The highest BCUT2D eigenvalue weighted by atomic mass is 19.4. The van der Waals surface area contributed by atoms with Crippen LogP contribution in [0.5, 0.6) is 0 Å². The summed E-state index contributed by atoms with van der Waals surface area (Å²) in [6, 6.07) is 0. The van der Waals surface area contributed by atoms with Gasteiger partial charge in [-0.1, -0.05) is 0 Å². The van der Waals surface area contributed by atoms with Crippen LogP contribution in [0.4, 0.5) is 13.2 Å². The summed E-state index contributed by atoms with van der Waals surface area (Å²) in [5, 5.41) is 0. The third-order valence-corrected chi connectivity index (χ3v) is 1.35. The molecule has 1 unspecified atom stereocenters. The van der Waals surface area contributed by atoms with Gasteiger partial charge in [0.25, 0.3) is 0 Å². The second-order valence-electron chi connectivity index (χ2n) is 2.09. The number of halogens is 3. The van der Waals surface area contributed by atoms with E-state index in [1.54, 1.807) is 0 Å². The summed E-state index contributed by atoms with van der Waals surface area (Å²) in [5.74, 6) is 0. The van der Waals surface area contributed by atoms with Crippen molar-refractivity contribution < 1.29 is 22.7 Å². The van der Waals surface area contributed by atoms with Gasteiger partial charge in [0.1, 0.15) is 6.61 Å². The van der Waals surface area contributed by atoms with Gasteiger partial charge in [-0.3, -0.25) is 0 Å². The molecule has 11 heavy (non-hydrogen) atoms. The van der Waals surface area contributed by atoms with Crippen LogP contribution in [-0.2, 0) is 9.53 Å². The molecule has 6 heteroatoms. The molecule has 0 aromatic heterocycles. The van der Waals surface area contributed by atoms with Crippen molar-refractivity contribution in [3.8, 4) is 0 Å². The van der Waals surface area contributed by atoms with Gasteiger partial charge in [-0.2, -0.15) is 13.2 Å². The molecule has 0 saturated carbocycles. The van der Waals surface area contributed by atoms with Gasteiger partial charge in [-0.05, 0) is 0 Å². The van der Waals surface area contributed by atoms with E-state index in [0.717, 1.165) is 0 Å². The topological polar surface area (TPSA) is 38.7 Å². The third kappa shape index (κ3) is 1.08. The number of hydrogen-bond donors (Lipinski definition) is 0. The second-order valence-corrected chi connectivity index (χ2v) is 2.09. The first-order valence-electron chi connectivity index (χ1n) is 2.70. The fourth-order valence-electron chi connectivity index (χ4n) is 0.619. The number of alkyl halides is 3.